The zero-order valence-corrected chi connectivity index (χ0v) is 7.65. The molecule has 0 bridgehead atoms. The Morgan fingerprint density at radius 2 is 2.07 bits per heavy atom. The van der Waals surface area contributed by atoms with Gasteiger partial charge in [0.15, 0.2) is 0 Å². The first-order valence-corrected chi connectivity index (χ1v) is 4.39. The molecule has 0 aliphatic heterocycles. The van der Waals surface area contributed by atoms with Crippen molar-refractivity contribution in [1.29, 1.82) is 0 Å². The topological polar surface area (TPSA) is 29.1 Å². The molecular weight excluding hydrogens is 215 g/mol. The van der Waals surface area contributed by atoms with Crippen LogP contribution in [0.25, 0.3) is 0 Å². The Morgan fingerprint density at radius 1 is 1.36 bits per heavy atom. The van der Waals surface area contributed by atoms with Crippen molar-refractivity contribution >= 4 is 18.4 Å². The van der Waals surface area contributed by atoms with Crippen LogP contribution in [0.5, 0.6) is 0 Å². The van der Waals surface area contributed by atoms with Crippen LogP contribution >= 0.6 is 11.9 Å². The summed E-state index contributed by atoms with van der Waals surface area (Å²) in [6.07, 6.45) is -3.94. The number of benzene rings is 1. The van der Waals surface area contributed by atoms with Gasteiger partial charge >= 0.3 is 6.18 Å². The third kappa shape index (κ3) is 2.95. The van der Waals surface area contributed by atoms with E-state index >= 15 is 0 Å². The molecule has 6 heteroatoms. The predicted molar refractivity (Wildman–Crippen MR) is 46.5 cm³/mol. The van der Waals surface area contributed by atoms with Crippen LogP contribution in [-0.2, 0) is 11.0 Å². The maximum atomic E-state index is 12.2. The molecule has 0 saturated heterocycles. The molecule has 0 radical (unpaired) electrons. The summed E-state index contributed by atoms with van der Waals surface area (Å²) in [5, 5.41) is 0. The summed E-state index contributed by atoms with van der Waals surface area (Å²) in [6.45, 7) is 0. The zero-order chi connectivity index (χ0) is 10.6. The van der Waals surface area contributed by atoms with Gasteiger partial charge in [0.2, 0.25) is 6.41 Å². The third-order valence-electron chi connectivity index (χ3n) is 1.39. The third-order valence-corrected chi connectivity index (χ3v) is 2.09. The van der Waals surface area contributed by atoms with Crippen molar-refractivity contribution in [3.05, 3.63) is 29.8 Å². The fourth-order valence-corrected chi connectivity index (χ4v) is 1.34. The second-order valence-corrected chi connectivity index (χ2v) is 3.27. The lowest BCUT2D eigenvalue weighted by atomic mass is 10.2. The van der Waals surface area contributed by atoms with Crippen LogP contribution in [0.15, 0.2) is 29.2 Å². The number of amides is 1. The average Bonchev–Trinajstić information content (AvgIpc) is 2.14. The molecule has 1 aromatic rings. The standard InChI is InChI=1S/C8H6F3NOS/c9-8(10,11)6-2-1-3-7(4-6)14-12-5-13/h1-5H,(H,12,13). The van der Waals surface area contributed by atoms with E-state index < -0.39 is 11.7 Å². The number of hydrogen-bond acceptors (Lipinski definition) is 2. The lowest BCUT2D eigenvalue weighted by molar-refractivity contribution is -0.137. The van der Waals surface area contributed by atoms with Gasteiger partial charge in [0.25, 0.3) is 0 Å². The predicted octanol–water partition coefficient (Wildman–Crippen LogP) is 2.46. The van der Waals surface area contributed by atoms with Gasteiger partial charge in [-0.05, 0) is 30.1 Å². The Labute approximate surface area is 82.6 Å². The molecule has 0 heterocycles. The van der Waals surface area contributed by atoms with Crippen LogP contribution < -0.4 is 4.72 Å². The molecule has 0 atom stereocenters. The lowest BCUT2D eigenvalue weighted by Crippen LogP contribution is -2.05. The highest BCUT2D eigenvalue weighted by Gasteiger charge is 2.30. The van der Waals surface area contributed by atoms with Crippen molar-refractivity contribution < 1.29 is 18.0 Å². The number of alkyl halides is 3. The number of carbonyl (C=O) groups is 1. The highest BCUT2D eigenvalue weighted by atomic mass is 32.2. The van der Waals surface area contributed by atoms with Crippen LogP contribution in [0.3, 0.4) is 0 Å². The molecule has 0 aliphatic rings. The molecule has 0 aromatic heterocycles. The van der Waals surface area contributed by atoms with Gasteiger partial charge in [-0.2, -0.15) is 13.2 Å². The lowest BCUT2D eigenvalue weighted by Gasteiger charge is -2.07. The van der Waals surface area contributed by atoms with E-state index in [1.165, 1.54) is 12.1 Å². The molecule has 1 rings (SSSR count). The molecule has 76 valence electrons. The molecule has 1 amide bonds. The fraction of sp³-hybridized carbons (Fsp3) is 0.125. The monoisotopic (exact) mass is 221 g/mol. The molecule has 0 fully saturated rings. The van der Waals surface area contributed by atoms with Crippen LogP contribution in [0.2, 0.25) is 0 Å². The molecule has 0 saturated carbocycles. The smallest absolute Gasteiger partial charge is 0.299 e. The molecule has 0 aliphatic carbocycles. The summed E-state index contributed by atoms with van der Waals surface area (Å²) in [4.78, 5) is 10.2. The number of halogens is 3. The minimum Gasteiger partial charge on any atom is -0.299 e. The molecule has 1 N–H and O–H groups in total. The quantitative estimate of drug-likeness (QED) is 0.627. The highest BCUT2D eigenvalue weighted by Crippen LogP contribution is 2.31. The Bertz CT molecular complexity index is 327. The average molecular weight is 221 g/mol. The summed E-state index contributed by atoms with van der Waals surface area (Å²) >= 11 is 0.833. The van der Waals surface area contributed by atoms with E-state index in [0.29, 0.717) is 11.3 Å². The zero-order valence-electron chi connectivity index (χ0n) is 6.84. The van der Waals surface area contributed by atoms with Gasteiger partial charge < -0.3 is 0 Å². The number of rotatable bonds is 3. The van der Waals surface area contributed by atoms with Gasteiger partial charge in [-0.15, -0.1) is 0 Å². The Morgan fingerprint density at radius 3 is 2.64 bits per heavy atom. The summed E-state index contributed by atoms with van der Waals surface area (Å²) in [5.41, 5.74) is -0.727. The van der Waals surface area contributed by atoms with E-state index in [2.05, 4.69) is 4.72 Å². The van der Waals surface area contributed by atoms with Gasteiger partial charge in [-0.1, -0.05) is 6.07 Å². The van der Waals surface area contributed by atoms with Crippen LogP contribution in [0.4, 0.5) is 13.2 Å². The Hall–Kier alpha value is -1.17. The minimum atomic E-state index is -4.35. The number of nitrogens with one attached hydrogen (secondary N) is 1. The molecular formula is C8H6F3NOS. The van der Waals surface area contributed by atoms with Crippen LogP contribution in [-0.4, -0.2) is 6.41 Å². The van der Waals surface area contributed by atoms with Gasteiger partial charge in [-0.3, -0.25) is 9.52 Å². The van der Waals surface area contributed by atoms with E-state index in [1.807, 2.05) is 0 Å². The Kier molecular flexibility index (Phi) is 3.40. The molecule has 1 aromatic carbocycles. The van der Waals surface area contributed by atoms with Gasteiger partial charge in [0.1, 0.15) is 0 Å². The first-order chi connectivity index (χ1) is 6.54. The summed E-state index contributed by atoms with van der Waals surface area (Å²) in [6, 6.07) is 4.72. The highest BCUT2D eigenvalue weighted by molar-refractivity contribution is 7.97. The van der Waals surface area contributed by atoms with Crippen molar-refractivity contribution in [3.63, 3.8) is 0 Å². The summed E-state index contributed by atoms with van der Waals surface area (Å²) < 4.78 is 38.8. The summed E-state index contributed by atoms with van der Waals surface area (Å²) in [7, 11) is 0. The van der Waals surface area contributed by atoms with E-state index in [-0.39, 0.29) is 0 Å². The van der Waals surface area contributed by atoms with Crippen molar-refractivity contribution in [1.82, 2.24) is 4.72 Å². The number of hydrogen-bond donors (Lipinski definition) is 1. The summed E-state index contributed by atoms with van der Waals surface area (Å²) in [5.74, 6) is 0. The van der Waals surface area contributed by atoms with Gasteiger partial charge in [-0.25, -0.2) is 0 Å². The van der Waals surface area contributed by atoms with Crippen molar-refractivity contribution in [2.45, 2.75) is 11.1 Å². The van der Waals surface area contributed by atoms with Gasteiger partial charge in [0.05, 0.1) is 5.56 Å². The van der Waals surface area contributed by atoms with Crippen LogP contribution in [0.1, 0.15) is 5.56 Å². The van der Waals surface area contributed by atoms with E-state index in [1.54, 1.807) is 0 Å². The first-order valence-electron chi connectivity index (χ1n) is 3.57. The largest absolute Gasteiger partial charge is 0.416 e. The molecule has 0 spiro atoms. The molecule has 14 heavy (non-hydrogen) atoms. The van der Waals surface area contributed by atoms with Crippen LogP contribution in [0, 0.1) is 0 Å². The van der Waals surface area contributed by atoms with E-state index in [0.717, 1.165) is 24.1 Å². The maximum absolute atomic E-state index is 12.2. The van der Waals surface area contributed by atoms with Crippen molar-refractivity contribution in [2.75, 3.05) is 0 Å². The molecule has 2 nitrogen and oxygen atoms in total. The van der Waals surface area contributed by atoms with Crippen molar-refractivity contribution in [3.8, 4) is 0 Å². The van der Waals surface area contributed by atoms with E-state index in [4.69, 9.17) is 0 Å². The second kappa shape index (κ2) is 4.36. The first kappa shape index (κ1) is 10.9. The maximum Gasteiger partial charge on any atom is 0.416 e. The number of carbonyl (C=O) groups excluding carboxylic acids is 1. The minimum absolute atomic E-state index is 0.340. The van der Waals surface area contributed by atoms with Gasteiger partial charge in [0, 0.05) is 4.90 Å². The molecule has 0 unspecified atom stereocenters. The van der Waals surface area contributed by atoms with E-state index in [9.17, 15) is 18.0 Å². The normalized spacial score (nSPS) is 11.1. The fourth-order valence-electron chi connectivity index (χ4n) is 0.828. The SMILES string of the molecule is O=CNSc1cccc(C(F)(F)F)c1. The van der Waals surface area contributed by atoms with Crippen molar-refractivity contribution in [2.24, 2.45) is 0 Å². The Balaban J connectivity index is 2.84. The second-order valence-electron chi connectivity index (χ2n) is 2.36.